The third-order valence-corrected chi connectivity index (χ3v) is 8.11. The lowest BCUT2D eigenvalue weighted by Crippen LogP contribution is -3.14. The van der Waals surface area contributed by atoms with Gasteiger partial charge in [0.1, 0.15) is 19.2 Å². The van der Waals surface area contributed by atoms with E-state index in [0.29, 0.717) is 12.2 Å². The molecule has 0 amide bonds. The molecule has 1 aromatic rings. The third-order valence-electron chi connectivity index (χ3n) is 6.27. The molecular formula is C24H38NO4S+. The normalized spacial score (nSPS) is 24.4. The number of rotatable bonds is 7. The summed E-state index contributed by atoms with van der Waals surface area (Å²) in [6, 6.07) is 8.46. The van der Waals surface area contributed by atoms with Crippen molar-refractivity contribution in [2.45, 2.75) is 75.4 Å². The SMILES string of the molecule is CC(C)(C)c1ccc(C[S@@](=O)[C@H]2CCCC[C@@H]2OC(=O)CC[NH+]2CCOCC2)cc1. The van der Waals surface area contributed by atoms with Crippen LogP contribution in [0.15, 0.2) is 24.3 Å². The zero-order chi connectivity index (χ0) is 21.6. The number of benzene rings is 1. The van der Waals surface area contributed by atoms with Crippen LogP contribution in [0.4, 0.5) is 0 Å². The highest BCUT2D eigenvalue weighted by atomic mass is 32.2. The van der Waals surface area contributed by atoms with Gasteiger partial charge in [-0.3, -0.25) is 9.00 Å². The van der Waals surface area contributed by atoms with Crippen molar-refractivity contribution in [3.8, 4) is 0 Å². The molecule has 1 aliphatic heterocycles. The van der Waals surface area contributed by atoms with E-state index in [9.17, 15) is 9.00 Å². The first-order chi connectivity index (χ1) is 14.3. The predicted molar refractivity (Wildman–Crippen MR) is 120 cm³/mol. The lowest BCUT2D eigenvalue weighted by molar-refractivity contribution is -0.907. The molecule has 30 heavy (non-hydrogen) atoms. The van der Waals surface area contributed by atoms with E-state index in [1.807, 2.05) is 0 Å². The van der Waals surface area contributed by atoms with E-state index < -0.39 is 10.8 Å². The molecule has 0 radical (unpaired) electrons. The highest BCUT2D eigenvalue weighted by molar-refractivity contribution is 7.84. The number of nitrogens with one attached hydrogen (secondary N) is 1. The van der Waals surface area contributed by atoms with Gasteiger partial charge in [-0.15, -0.1) is 0 Å². The van der Waals surface area contributed by atoms with Gasteiger partial charge in [0.2, 0.25) is 0 Å². The average Bonchev–Trinajstić information content (AvgIpc) is 2.73. The molecule has 2 fully saturated rings. The summed E-state index contributed by atoms with van der Waals surface area (Å²) in [6.45, 7) is 10.8. The van der Waals surface area contributed by atoms with Crippen molar-refractivity contribution in [1.29, 1.82) is 0 Å². The molecule has 1 heterocycles. The van der Waals surface area contributed by atoms with Crippen LogP contribution in [0.3, 0.4) is 0 Å². The van der Waals surface area contributed by atoms with Crippen LogP contribution in [0, 0.1) is 0 Å². The van der Waals surface area contributed by atoms with Crippen molar-refractivity contribution in [2.75, 3.05) is 32.8 Å². The molecule has 0 unspecified atom stereocenters. The standard InChI is InChI=1S/C24H37NO4S/c1-24(2,3)20-10-8-19(9-11-20)18-30(27)22-7-5-4-6-21(22)29-23(26)12-13-25-14-16-28-17-15-25/h8-11,21-22H,4-7,12-18H2,1-3H3/p+1/t21-,22-,30+/m0/s1. The smallest absolute Gasteiger partial charge is 0.311 e. The second-order valence-corrected chi connectivity index (χ2v) is 11.3. The van der Waals surface area contributed by atoms with Gasteiger partial charge in [0.05, 0.1) is 31.4 Å². The molecule has 3 atom stereocenters. The van der Waals surface area contributed by atoms with Crippen molar-refractivity contribution in [3.63, 3.8) is 0 Å². The summed E-state index contributed by atoms with van der Waals surface area (Å²) < 4.78 is 24.4. The summed E-state index contributed by atoms with van der Waals surface area (Å²) in [5.74, 6) is 0.388. The van der Waals surface area contributed by atoms with Crippen molar-refractivity contribution in [2.24, 2.45) is 0 Å². The fourth-order valence-electron chi connectivity index (χ4n) is 4.29. The second kappa shape index (κ2) is 10.9. The first-order valence-electron chi connectivity index (χ1n) is 11.4. The summed E-state index contributed by atoms with van der Waals surface area (Å²) in [6.07, 6.45) is 4.03. The number of hydrogen-bond acceptors (Lipinski definition) is 4. The fourth-order valence-corrected chi connectivity index (χ4v) is 5.98. The number of ether oxygens (including phenoxy) is 2. The molecular weight excluding hydrogens is 398 g/mol. The van der Waals surface area contributed by atoms with Crippen molar-refractivity contribution < 1.29 is 23.4 Å². The predicted octanol–water partition coefficient (Wildman–Crippen LogP) is 2.39. The summed E-state index contributed by atoms with van der Waals surface area (Å²) in [5, 5.41) is -0.0549. The Labute approximate surface area is 184 Å². The Kier molecular flexibility index (Phi) is 8.49. The highest BCUT2D eigenvalue weighted by Gasteiger charge is 2.33. The zero-order valence-corrected chi connectivity index (χ0v) is 19.6. The molecule has 0 aromatic heterocycles. The molecule has 1 saturated carbocycles. The Morgan fingerprint density at radius 1 is 1.13 bits per heavy atom. The Morgan fingerprint density at radius 3 is 2.47 bits per heavy atom. The minimum Gasteiger partial charge on any atom is -0.461 e. The quantitative estimate of drug-likeness (QED) is 0.667. The highest BCUT2D eigenvalue weighted by Crippen LogP contribution is 2.28. The molecule has 6 heteroatoms. The van der Waals surface area contributed by atoms with Crippen LogP contribution in [0.5, 0.6) is 0 Å². The largest absolute Gasteiger partial charge is 0.461 e. The van der Waals surface area contributed by atoms with E-state index in [1.165, 1.54) is 10.5 Å². The summed E-state index contributed by atoms with van der Waals surface area (Å²) in [5.41, 5.74) is 2.49. The van der Waals surface area contributed by atoms with E-state index >= 15 is 0 Å². The van der Waals surface area contributed by atoms with Gasteiger partial charge in [0.15, 0.2) is 0 Å². The minimum atomic E-state index is -1.04. The van der Waals surface area contributed by atoms with E-state index in [1.54, 1.807) is 0 Å². The maximum Gasteiger partial charge on any atom is 0.311 e. The maximum absolute atomic E-state index is 13.1. The van der Waals surface area contributed by atoms with E-state index in [2.05, 4.69) is 45.0 Å². The fraction of sp³-hybridized carbons (Fsp3) is 0.708. The van der Waals surface area contributed by atoms with Gasteiger partial charge in [-0.05, 0) is 35.8 Å². The van der Waals surface area contributed by atoms with Crippen LogP contribution in [-0.4, -0.2) is 54.4 Å². The summed E-state index contributed by atoms with van der Waals surface area (Å²) in [7, 11) is -1.04. The molecule has 0 bridgehead atoms. The lowest BCUT2D eigenvalue weighted by atomic mass is 9.87. The first-order valence-corrected chi connectivity index (χ1v) is 12.8. The molecule has 5 nitrogen and oxygen atoms in total. The van der Waals surface area contributed by atoms with Crippen LogP contribution < -0.4 is 4.90 Å². The van der Waals surface area contributed by atoms with E-state index in [-0.39, 0.29) is 22.7 Å². The van der Waals surface area contributed by atoms with Gasteiger partial charge < -0.3 is 14.4 Å². The topological polar surface area (TPSA) is 57.0 Å². The van der Waals surface area contributed by atoms with Crippen LogP contribution in [0.25, 0.3) is 0 Å². The van der Waals surface area contributed by atoms with Gasteiger partial charge in [-0.25, -0.2) is 0 Å². The molecule has 0 spiro atoms. The Morgan fingerprint density at radius 2 is 1.80 bits per heavy atom. The molecule has 3 rings (SSSR count). The number of hydrogen-bond donors (Lipinski definition) is 1. The maximum atomic E-state index is 13.1. The van der Waals surface area contributed by atoms with Crippen LogP contribution >= 0.6 is 0 Å². The van der Waals surface area contributed by atoms with Crippen LogP contribution in [-0.2, 0) is 36.2 Å². The molecule has 1 N–H and O–H groups in total. The molecule has 2 aliphatic rings. The third kappa shape index (κ3) is 6.89. The molecule has 1 aromatic carbocycles. The van der Waals surface area contributed by atoms with E-state index in [0.717, 1.165) is 64.1 Å². The van der Waals surface area contributed by atoms with Gasteiger partial charge in [-0.2, -0.15) is 0 Å². The molecule has 168 valence electrons. The van der Waals surface area contributed by atoms with Gasteiger partial charge in [0, 0.05) is 16.6 Å². The van der Waals surface area contributed by atoms with Crippen molar-refractivity contribution in [3.05, 3.63) is 35.4 Å². The number of morpholine rings is 1. The molecule has 1 saturated heterocycles. The number of carbonyl (C=O) groups excluding carboxylic acids is 1. The zero-order valence-electron chi connectivity index (χ0n) is 18.8. The summed E-state index contributed by atoms with van der Waals surface area (Å²) in [4.78, 5) is 13.8. The second-order valence-electron chi connectivity index (χ2n) is 9.69. The van der Waals surface area contributed by atoms with Crippen LogP contribution in [0.1, 0.15) is 64.0 Å². The first kappa shape index (κ1) is 23.4. The van der Waals surface area contributed by atoms with Crippen molar-refractivity contribution >= 4 is 16.8 Å². The van der Waals surface area contributed by atoms with Gasteiger partial charge >= 0.3 is 5.97 Å². The van der Waals surface area contributed by atoms with Gasteiger partial charge in [-0.1, -0.05) is 51.5 Å². The monoisotopic (exact) mass is 436 g/mol. The summed E-state index contributed by atoms with van der Waals surface area (Å²) >= 11 is 0. The minimum absolute atomic E-state index is 0.0549. The van der Waals surface area contributed by atoms with Gasteiger partial charge in [0.25, 0.3) is 0 Å². The molecule has 1 aliphatic carbocycles. The Hall–Kier alpha value is -1.24. The average molecular weight is 437 g/mol. The number of esters is 1. The van der Waals surface area contributed by atoms with E-state index in [4.69, 9.17) is 9.47 Å². The number of carbonyl (C=O) groups is 1. The Bertz CT molecular complexity index is 707. The lowest BCUT2D eigenvalue weighted by Gasteiger charge is -2.31. The Balaban J connectivity index is 1.52. The number of quaternary nitrogens is 1. The van der Waals surface area contributed by atoms with Crippen LogP contribution in [0.2, 0.25) is 0 Å². The van der Waals surface area contributed by atoms with Crippen molar-refractivity contribution in [1.82, 2.24) is 0 Å².